The Morgan fingerprint density at radius 1 is 0.591 bits per heavy atom. The second-order valence-electron chi connectivity index (χ2n) is 15.1. The van der Waals surface area contributed by atoms with Crippen LogP contribution < -0.4 is 0 Å². The van der Waals surface area contributed by atoms with Gasteiger partial charge in [0.05, 0.1) is 12.2 Å². The molecule has 4 heteroatoms. The van der Waals surface area contributed by atoms with Gasteiger partial charge in [-0.05, 0) is 71.4 Å². The van der Waals surface area contributed by atoms with Crippen molar-refractivity contribution in [1.82, 2.24) is 0 Å². The highest BCUT2D eigenvalue weighted by Crippen LogP contribution is 2.66. The van der Waals surface area contributed by atoms with Crippen LogP contribution in [0.2, 0.25) is 0 Å². The molecule has 0 radical (unpaired) electrons. The van der Waals surface area contributed by atoms with E-state index in [4.69, 9.17) is 4.74 Å². The maximum absolute atomic E-state index is 12.9. The molecule has 0 bridgehead atoms. The van der Waals surface area contributed by atoms with E-state index in [1.807, 2.05) is 50.3 Å². The number of hydrogen-bond donors (Lipinski definition) is 2. The minimum Gasteiger partial charge on any atom is -0.393 e. The quantitative estimate of drug-likeness (QED) is 0.141. The average Bonchev–Trinajstić information content (AvgIpc) is 3.46. The first kappa shape index (κ1) is 35.7. The van der Waals surface area contributed by atoms with Crippen LogP contribution in [-0.2, 0) is 9.53 Å². The van der Waals surface area contributed by atoms with Crippen LogP contribution in [0.1, 0.15) is 94.9 Å². The lowest BCUT2D eigenvalue weighted by atomic mass is 9.63. The number of allylic oxidation sites excluding steroid dienone is 17. The smallest absolute Gasteiger partial charge is 0.162 e. The number of rotatable bonds is 11. The second-order valence-corrected chi connectivity index (χ2v) is 15.1. The standard InChI is InChI=1S/C40H56O4/c1-29(17-13-19-31(3)21-22-35(43)38(9)27-33(41)25-36(38,5)6)15-11-12-16-30(2)18-14-20-32(4)23-24-40-37(7,8)26-34(42)28-39(40,10)44-40/h11-24,33-34,41-42H,25-28H2,1-10H3/b12-11+,17-13+,18-14+,22-21+,24-23+,29-15+,30-16+,31-19+,32-20+/t33-,34-,38-,39+,40-/m0/s1. The van der Waals surface area contributed by atoms with Crippen molar-refractivity contribution in [2.45, 2.75) is 118 Å². The third kappa shape index (κ3) is 8.07. The van der Waals surface area contributed by atoms with Crippen LogP contribution in [0.3, 0.4) is 0 Å². The van der Waals surface area contributed by atoms with E-state index in [1.165, 1.54) is 0 Å². The van der Waals surface area contributed by atoms with Gasteiger partial charge in [0.1, 0.15) is 11.2 Å². The van der Waals surface area contributed by atoms with Gasteiger partial charge in [-0.15, -0.1) is 0 Å². The van der Waals surface area contributed by atoms with Crippen molar-refractivity contribution < 1.29 is 19.7 Å². The van der Waals surface area contributed by atoms with E-state index < -0.39 is 11.5 Å². The van der Waals surface area contributed by atoms with Crippen molar-refractivity contribution in [3.8, 4) is 0 Å². The summed E-state index contributed by atoms with van der Waals surface area (Å²) in [6, 6.07) is 0. The van der Waals surface area contributed by atoms with Crippen LogP contribution in [0.25, 0.3) is 0 Å². The molecule has 1 heterocycles. The molecule has 5 atom stereocenters. The molecule has 2 N–H and O–H groups in total. The molecule has 3 rings (SSSR count). The van der Waals surface area contributed by atoms with E-state index in [1.54, 1.807) is 6.08 Å². The maximum Gasteiger partial charge on any atom is 0.162 e. The van der Waals surface area contributed by atoms with Gasteiger partial charge in [-0.2, -0.15) is 0 Å². The molecule has 2 aliphatic carbocycles. The molecule has 2 saturated carbocycles. The zero-order valence-electron chi connectivity index (χ0n) is 28.8. The third-order valence-corrected chi connectivity index (χ3v) is 10.3. The third-order valence-electron chi connectivity index (χ3n) is 10.3. The first-order chi connectivity index (χ1) is 20.4. The maximum atomic E-state index is 12.9. The summed E-state index contributed by atoms with van der Waals surface area (Å²) in [7, 11) is 0. The zero-order chi connectivity index (χ0) is 33.0. The number of carbonyl (C=O) groups is 1. The molecule has 0 amide bonds. The van der Waals surface area contributed by atoms with Gasteiger partial charge in [-0.3, -0.25) is 4.79 Å². The molecule has 0 aromatic carbocycles. The van der Waals surface area contributed by atoms with Gasteiger partial charge in [0.25, 0.3) is 0 Å². The number of fused-ring (bicyclic) bond motifs is 1. The summed E-state index contributed by atoms with van der Waals surface area (Å²) < 4.78 is 6.24. The molecule has 1 saturated heterocycles. The molecule has 3 aliphatic rings. The lowest BCUT2D eigenvalue weighted by Crippen LogP contribution is -2.46. The Hall–Kier alpha value is -2.79. The second kappa shape index (κ2) is 13.7. The van der Waals surface area contributed by atoms with E-state index >= 15 is 0 Å². The molecule has 0 aromatic heterocycles. The van der Waals surface area contributed by atoms with E-state index in [-0.39, 0.29) is 33.9 Å². The first-order valence-electron chi connectivity index (χ1n) is 16.1. The van der Waals surface area contributed by atoms with Gasteiger partial charge < -0.3 is 14.9 Å². The number of ketones is 1. The summed E-state index contributed by atoms with van der Waals surface area (Å²) in [5.41, 5.74) is 2.99. The fourth-order valence-corrected chi connectivity index (χ4v) is 7.12. The number of ether oxygens (including phenoxy) is 1. The van der Waals surface area contributed by atoms with Crippen LogP contribution in [0, 0.1) is 16.2 Å². The van der Waals surface area contributed by atoms with E-state index in [0.29, 0.717) is 19.3 Å². The van der Waals surface area contributed by atoms with Crippen molar-refractivity contribution in [3.63, 3.8) is 0 Å². The number of aliphatic hydroxyl groups is 2. The molecule has 0 aromatic rings. The summed E-state index contributed by atoms with van der Waals surface area (Å²) in [6.45, 7) is 20.8. The fourth-order valence-electron chi connectivity index (χ4n) is 7.12. The van der Waals surface area contributed by atoms with Crippen LogP contribution in [0.15, 0.2) is 107 Å². The predicted molar refractivity (Wildman–Crippen MR) is 184 cm³/mol. The lowest BCUT2D eigenvalue weighted by molar-refractivity contribution is -0.127. The highest BCUT2D eigenvalue weighted by atomic mass is 16.6. The number of hydrogen-bond acceptors (Lipinski definition) is 4. The molecule has 0 spiro atoms. The zero-order valence-corrected chi connectivity index (χ0v) is 28.8. The van der Waals surface area contributed by atoms with E-state index in [0.717, 1.165) is 28.7 Å². The largest absolute Gasteiger partial charge is 0.393 e. The highest BCUT2D eigenvalue weighted by Gasteiger charge is 2.74. The summed E-state index contributed by atoms with van der Waals surface area (Å²) in [5, 5.41) is 20.4. The molecule has 1 aliphatic heterocycles. The summed E-state index contributed by atoms with van der Waals surface area (Å²) in [5.74, 6) is 0.0831. The molecular weight excluding hydrogens is 544 g/mol. The van der Waals surface area contributed by atoms with Gasteiger partial charge in [0, 0.05) is 17.3 Å². The van der Waals surface area contributed by atoms with Gasteiger partial charge in [0.2, 0.25) is 0 Å². The summed E-state index contributed by atoms with van der Waals surface area (Å²) in [6.07, 6.45) is 30.3. The predicted octanol–water partition coefficient (Wildman–Crippen LogP) is 9.02. The minimum atomic E-state index is -0.534. The van der Waals surface area contributed by atoms with Crippen LogP contribution in [0.5, 0.6) is 0 Å². The molecule has 44 heavy (non-hydrogen) atoms. The average molecular weight is 601 g/mol. The van der Waals surface area contributed by atoms with Gasteiger partial charge in [0.15, 0.2) is 5.78 Å². The van der Waals surface area contributed by atoms with Crippen molar-refractivity contribution in [1.29, 1.82) is 0 Å². The molecule has 0 unspecified atom stereocenters. The first-order valence-corrected chi connectivity index (χ1v) is 16.1. The van der Waals surface area contributed by atoms with Gasteiger partial charge >= 0.3 is 0 Å². The molecular formula is C40H56O4. The van der Waals surface area contributed by atoms with Crippen molar-refractivity contribution in [3.05, 3.63) is 107 Å². The Bertz CT molecular complexity index is 1360. The molecule has 240 valence electrons. The Morgan fingerprint density at radius 2 is 1.05 bits per heavy atom. The monoisotopic (exact) mass is 600 g/mol. The SMILES string of the molecule is CC(/C=C/C=C(C)/C=C/C(=O)[C@]1(C)C[C@@H](O)CC1(C)C)=C\C=C\C=C(C)\C=C\C=C(C)\C=C\[C@@]12O[C@]1(C)C[C@@H](O)CC2(C)C. The Labute approximate surface area is 267 Å². The topological polar surface area (TPSA) is 70.1 Å². The van der Waals surface area contributed by atoms with Crippen molar-refractivity contribution in [2.75, 3.05) is 0 Å². The normalized spacial score (nSPS) is 34.7. The lowest BCUT2D eigenvalue weighted by Gasteiger charge is -2.39. The molecule has 4 nitrogen and oxygen atoms in total. The Morgan fingerprint density at radius 3 is 1.55 bits per heavy atom. The van der Waals surface area contributed by atoms with Crippen LogP contribution in [-0.4, -0.2) is 39.4 Å². The highest BCUT2D eigenvalue weighted by molar-refractivity contribution is 5.95. The Kier molecular flexibility index (Phi) is 11.1. The van der Waals surface area contributed by atoms with Gasteiger partial charge in [-0.1, -0.05) is 130 Å². The van der Waals surface area contributed by atoms with Crippen molar-refractivity contribution in [2.24, 2.45) is 16.2 Å². The van der Waals surface area contributed by atoms with E-state index in [9.17, 15) is 15.0 Å². The van der Waals surface area contributed by atoms with Crippen molar-refractivity contribution >= 4 is 5.78 Å². The number of aliphatic hydroxyl groups excluding tert-OH is 2. The Balaban J connectivity index is 1.48. The minimum absolute atomic E-state index is 0.0831. The summed E-state index contributed by atoms with van der Waals surface area (Å²) >= 11 is 0. The fraction of sp³-hybridized carbons (Fsp3) is 0.525. The number of epoxide rings is 1. The number of carbonyl (C=O) groups excluding carboxylic acids is 1. The van der Waals surface area contributed by atoms with E-state index in [2.05, 4.69) is 97.9 Å². The van der Waals surface area contributed by atoms with Gasteiger partial charge in [-0.25, -0.2) is 0 Å². The van der Waals surface area contributed by atoms with Crippen LogP contribution >= 0.6 is 0 Å². The molecule has 3 fully saturated rings. The summed E-state index contributed by atoms with van der Waals surface area (Å²) in [4.78, 5) is 12.9. The van der Waals surface area contributed by atoms with Crippen LogP contribution in [0.4, 0.5) is 0 Å².